The highest BCUT2D eigenvalue weighted by Gasteiger charge is 2.43. The van der Waals surface area contributed by atoms with Gasteiger partial charge in [-0.1, -0.05) is 12.1 Å². The molecular formula is C20H30FN3O5. The standard InChI is InChI=1S/C20H30FN3O5/c21-15-3-1-14(2-4-15)12-22-13-17-20(27)19(26)16(29-17)11-18(25)23-5-6-24-7-9-28-10-8-24/h1-4,16-17,19-20,22,26-27H,5-13H2,(H,23,25)/t16-,17-,19-,20+/m0/s1. The fraction of sp³-hybridized carbons (Fsp3) is 0.650. The summed E-state index contributed by atoms with van der Waals surface area (Å²) in [6, 6.07) is 6.12. The van der Waals surface area contributed by atoms with Crippen molar-refractivity contribution in [2.75, 3.05) is 45.9 Å². The molecule has 0 saturated carbocycles. The summed E-state index contributed by atoms with van der Waals surface area (Å²) in [5.41, 5.74) is 0.899. The summed E-state index contributed by atoms with van der Waals surface area (Å²) in [7, 11) is 0. The average Bonchev–Trinajstić information content (AvgIpc) is 2.98. The van der Waals surface area contributed by atoms with E-state index in [-0.39, 0.29) is 18.1 Å². The maximum absolute atomic E-state index is 12.9. The van der Waals surface area contributed by atoms with E-state index < -0.39 is 24.4 Å². The van der Waals surface area contributed by atoms with Crippen LogP contribution in [0.25, 0.3) is 0 Å². The van der Waals surface area contributed by atoms with Gasteiger partial charge in [-0.05, 0) is 17.7 Å². The first-order valence-electron chi connectivity index (χ1n) is 10.1. The summed E-state index contributed by atoms with van der Waals surface area (Å²) < 4.78 is 23.9. The molecule has 1 amide bonds. The molecule has 0 aromatic heterocycles. The van der Waals surface area contributed by atoms with Crippen LogP contribution in [0, 0.1) is 5.82 Å². The number of aliphatic hydroxyl groups is 2. The van der Waals surface area contributed by atoms with Crippen molar-refractivity contribution < 1.29 is 28.9 Å². The van der Waals surface area contributed by atoms with Gasteiger partial charge in [-0.3, -0.25) is 9.69 Å². The summed E-state index contributed by atoms with van der Waals surface area (Å²) in [5, 5.41) is 26.4. The topological polar surface area (TPSA) is 103 Å². The molecule has 162 valence electrons. The molecule has 0 radical (unpaired) electrons. The number of rotatable bonds is 9. The highest BCUT2D eigenvalue weighted by atomic mass is 19.1. The van der Waals surface area contributed by atoms with E-state index in [1.165, 1.54) is 12.1 Å². The molecule has 1 aromatic rings. The van der Waals surface area contributed by atoms with Gasteiger partial charge in [0.25, 0.3) is 0 Å². The molecular weight excluding hydrogens is 381 g/mol. The molecule has 2 aliphatic rings. The lowest BCUT2D eigenvalue weighted by Crippen LogP contribution is -2.42. The van der Waals surface area contributed by atoms with E-state index in [0.29, 0.717) is 32.8 Å². The van der Waals surface area contributed by atoms with Crippen molar-refractivity contribution in [3.05, 3.63) is 35.6 Å². The number of amides is 1. The van der Waals surface area contributed by atoms with Crippen LogP contribution < -0.4 is 10.6 Å². The first kappa shape index (κ1) is 22.1. The molecule has 0 bridgehead atoms. The molecule has 2 saturated heterocycles. The third-order valence-corrected chi connectivity index (χ3v) is 5.29. The maximum atomic E-state index is 12.9. The van der Waals surface area contributed by atoms with Crippen LogP contribution in [0.2, 0.25) is 0 Å². The molecule has 3 rings (SSSR count). The number of nitrogens with zero attached hydrogens (tertiary/aromatic N) is 1. The lowest BCUT2D eigenvalue weighted by molar-refractivity contribution is -0.125. The summed E-state index contributed by atoms with van der Waals surface area (Å²) in [4.78, 5) is 14.4. The van der Waals surface area contributed by atoms with Crippen molar-refractivity contribution in [3.63, 3.8) is 0 Å². The first-order valence-corrected chi connectivity index (χ1v) is 10.1. The van der Waals surface area contributed by atoms with Gasteiger partial charge in [-0.15, -0.1) is 0 Å². The molecule has 0 spiro atoms. The number of carbonyl (C=O) groups excluding carboxylic acids is 1. The number of hydrogen-bond acceptors (Lipinski definition) is 7. The minimum atomic E-state index is -1.11. The summed E-state index contributed by atoms with van der Waals surface area (Å²) in [6.45, 7) is 5.21. The Labute approximate surface area is 170 Å². The summed E-state index contributed by atoms with van der Waals surface area (Å²) >= 11 is 0. The maximum Gasteiger partial charge on any atom is 0.222 e. The molecule has 4 N–H and O–H groups in total. The van der Waals surface area contributed by atoms with E-state index in [4.69, 9.17) is 9.47 Å². The largest absolute Gasteiger partial charge is 0.388 e. The van der Waals surface area contributed by atoms with Gasteiger partial charge in [0, 0.05) is 39.3 Å². The second-order valence-corrected chi connectivity index (χ2v) is 7.46. The molecule has 9 heteroatoms. The Bertz CT molecular complexity index is 642. The van der Waals surface area contributed by atoms with Gasteiger partial charge < -0.3 is 30.3 Å². The zero-order chi connectivity index (χ0) is 20.6. The number of ether oxygens (including phenoxy) is 2. The Morgan fingerprint density at radius 2 is 1.83 bits per heavy atom. The van der Waals surface area contributed by atoms with Crippen molar-refractivity contribution in [2.24, 2.45) is 0 Å². The summed E-state index contributed by atoms with van der Waals surface area (Å²) in [6.07, 6.45) is -3.54. The summed E-state index contributed by atoms with van der Waals surface area (Å²) in [5.74, 6) is -0.507. The van der Waals surface area contributed by atoms with E-state index in [1.54, 1.807) is 12.1 Å². The van der Waals surface area contributed by atoms with E-state index in [2.05, 4.69) is 15.5 Å². The van der Waals surface area contributed by atoms with Crippen LogP contribution in [0.5, 0.6) is 0 Å². The Kier molecular flexibility index (Phi) is 8.34. The highest BCUT2D eigenvalue weighted by molar-refractivity contribution is 5.76. The van der Waals surface area contributed by atoms with Gasteiger partial charge in [0.05, 0.1) is 31.8 Å². The van der Waals surface area contributed by atoms with Gasteiger partial charge >= 0.3 is 0 Å². The lowest BCUT2D eigenvalue weighted by atomic mass is 10.1. The number of hydrogen-bond donors (Lipinski definition) is 4. The zero-order valence-electron chi connectivity index (χ0n) is 16.4. The number of nitrogens with one attached hydrogen (secondary N) is 2. The third kappa shape index (κ3) is 6.70. The van der Waals surface area contributed by atoms with Gasteiger partial charge in [0.2, 0.25) is 5.91 Å². The monoisotopic (exact) mass is 411 g/mol. The highest BCUT2D eigenvalue weighted by Crippen LogP contribution is 2.23. The van der Waals surface area contributed by atoms with Crippen LogP contribution in [0.1, 0.15) is 12.0 Å². The Morgan fingerprint density at radius 1 is 1.14 bits per heavy atom. The van der Waals surface area contributed by atoms with Gasteiger partial charge in [0.1, 0.15) is 18.0 Å². The van der Waals surface area contributed by atoms with Gasteiger partial charge in [-0.2, -0.15) is 0 Å². The molecule has 1 aromatic carbocycles. The van der Waals surface area contributed by atoms with Crippen molar-refractivity contribution in [1.82, 2.24) is 15.5 Å². The molecule has 2 aliphatic heterocycles. The quantitative estimate of drug-likeness (QED) is 0.424. The van der Waals surface area contributed by atoms with Gasteiger partial charge in [-0.25, -0.2) is 4.39 Å². The predicted molar refractivity (Wildman–Crippen MR) is 104 cm³/mol. The lowest BCUT2D eigenvalue weighted by Gasteiger charge is -2.26. The predicted octanol–water partition coefficient (Wildman–Crippen LogP) is -0.757. The van der Waals surface area contributed by atoms with Crippen LogP contribution >= 0.6 is 0 Å². The fourth-order valence-electron chi connectivity index (χ4n) is 3.56. The number of morpholine rings is 1. The minimum Gasteiger partial charge on any atom is -0.388 e. The van der Waals surface area contributed by atoms with Crippen LogP contribution in [-0.2, 0) is 20.8 Å². The minimum absolute atomic E-state index is 0.00417. The molecule has 0 aliphatic carbocycles. The zero-order valence-corrected chi connectivity index (χ0v) is 16.4. The SMILES string of the molecule is O=C(C[C@@H]1O[C@@H](CNCc2ccc(F)cc2)[C@@H](O)[C@H]1O)NCCN1CCOCC1. The van der Waals surface area contributed by atoms with Crippen molar-refractivity contribution in [3.8, 4) is 0 Å². The molecule has 2 heterocycles. The van der Waals surface area contributed by atoms with Crippen molar-refractivity contribution >= 4 is 5.91 Å². The molecule has 8 nitrogen and oxygen atoms in total. The van der Waals surface area contributed by atoms with Crippen LogP contribution in [0.3, 0.4) is 0 Å². The molecule has 29 heavy (non-hydrogen) atoms. The van der Waals surface area contributed by atoms with E-state index in [0.717, 1.165) is 25.2 Å². The van der Waals surface area contributed by atoms with Crippen LogP contribution in [0.4, 0.5) is 4.39 Å². The second kappa shape index (κ2) is 11.0. The normalized spacial score (nSPS) is 27.8. The number of benzene rings is 1. The van der Waals surface area contributed by atoms with E-state index in [9.17, 15) is 19.4 Å². The van der Waals surface area contributed by atoms with E-state index in [1.807, 2.05) is 0 Å². The van der Waals surface area contributed by atoms with Gasteiger partial charge in [0.15, 0.2) is 0 Å². The van der Waals surface area contributed by atoms with Crippen LogP contribution in [-0.4, -0.2) is 91.4 Å². The third-order valence-electron chi connectivity index (χ3n) is 5.29. The smallest absolute Gasteiger partial charge is 0.222 e. The molecule has 2 fully saturated rings. The Hall–Kier alpha value is -1.62. The Balaban J connectivity index is 1.35. The Morgan fingerprint density at radius 3 is 2.55 bits per heavy atom. The number of carbonyl (C=O) groups is 1. The first-order chi connectivity index (χ1) is 14.0. The van der Waals surface area contributed by atoms with Crippen LogP contribution in [0.15, 0.2) is 24.3 Å². The number of aliphatic hydroxyl groups excluding tert-OH is 2. The number of halogens is 1. The average molecular weight is 411 g/mol. The van der Waals surface area contributed by atoms with E-state index >= 15 is 0 Å². The molecule has 4 atom stereocenters. The molecule has 0 unspecified atom stereocenters. The van der Waals surface area contributed by atoms with Crippen molar-refractivity contribution in [2.45, 2.75) is 37.4 Å². The van der Waals surface area contributed by atoms with Crippen molar-refractivity contribution in [1.29, 1.82) is 0 Å². The second-order valence-electron chi connectivity index (χ2n) is 7.46. The fourth-order valence-corrected chi connectivity index (χ4v) is 3.56.